The number of hydrogen-bond donors (Lipinski definition) is 2. The molecule has 5 heteroatoms. The van der Waals surface area contributed by atoms with E-state index in [1.54, 1.807) is 0 Å². The van der Waals surface area contributed by atoms with Gasteiger partial charge in [-0.15, -0.1) is 11.6 Å². The smallest absolute Gasteiger partial charge is 0.189 e. The van der Waals surface area contributed by atoms with Crippen molar-refractivity contribution in [1.82, 2.24) is 0 Å². The Labute approximate surface area is 131 Å². The maximum Gasteiger partial charge on any atom is 0.189 e. The zero-order valence-electron chi connectivity index (χ0n) is 12.0. The summed E-state index contributed by atoms with van der Waals surface area (Å²) in [5.41, 5.74) is 6.40. The molecular weight excluding hydrogens is 292 g/mol. The van der Waals surface area contributed by atoms with Crippen molar-refractivity contribution in [2.75, 3.05) is 6.54 Å². The molecule has 3 nitrogen and oxygen atoms in total. The fraction of sp³-hybridized carbons (Fsp3) is 0.933. The van der Waals surface area contributed by atoms with Crippen molar-refractivity contribution in [2.24, 2.45) is 11.7 Å². The monoisotopic (exact) mass is 317 g/mol. The molecule has 0 bridgehead atoms. The average molecular weight is 318 g/mol. The molecule has 0 spiro atoms. The predicted octanol–water partition coefficient (Wildman–Crippen LogP) is 1.54. The Morgan fingerprint density at radius 3 is 2.60 bits per heavy atom. The molecule has 4 atom stereocenters. The fourth-order valence-corrected chi connectivity index (χ4v) is 5.99. The van der Waals surface area contributed by atoms with Gasteiger partial charge in [0.25, 0.3) is 0 Å². The Hall–Kier alpha value is 0.230. The van der Waals surface area contributed by atoms with Crippen LogP contribution in [0.2, 0.25) is 0 Å². The zero-order valence-corrected chi connectivity index (χ0v) is 13.6. The highest BCUT2D eigenvalue weighted by molar-refractivity contribution is 8.00. The lowest BCUT2D eigenvalue weighted by atomic mass is 9.85. The van der Waals surface area contributed by atoms with Gasteiger partial charge in [-0.2, -0.15) is 0 Å². The van der Waals surface area contributed by atoms with Crippen molar-refractivity contribution in [1.29, 1.82) is 0 Å². The van der Waals surface area contributed by atoms with E-state index in [-0.39, 0.29) is 11.4 Å². The van der Waals surface area contributed by atoms with Gasteiger partial charge in [0, 0.05) is 17.7 Å². The normalized spacial score (nSPS) is 45.1. The van der Waals surface area contributed by atoms with E-state index in [0.29, 0.717) is 29.0 Å². The molecule has 4 unspecified atom stereocenters. The van der Waals surface area contributed by atoms with Crippen molar-refractivity contribution >= 4 is 29.1 Å². The molecule has 0 amide bonds. The number of fused-ring (bicyclic) bond motifs is 1. The maximum absolute atomic E-state index is 12.6. The van der Waals surface area contributed by atoms with Crippen LogP contribution < -0.4 is 10.6 Å². The number of alkyl halides is 1. The zero-order chi connectivity index (χ0) is 14.1. The van der Waals surface area contributed by atoms with Crippen LogP contribution in [-0.2, 0) is 4.79 Å². The van der Waals surface area contributed by atoms with Gasteiger partial charge in [0.05, 0.1) is 5.25 Å². The van der Waals surface area contributed by atoms with Gasteiger partial charge in [-0.25, -0.2) is 0 Å². The van der Waals surface area contributed by atoms with Gasteiger partial charge in [0.2, 0.25) is 0 Å². The molecule has 0 aromatic heterocycles. The molecule has 1 aliphatic heterocycles. The number of halogens is 1. The number of Topliss-reactive ketones (excluding diaryl/α,β-unsaturated/α-hetero) is 1. The van der Waals surface area contributed by atoms with Crippen LogP contribution in [0, 0.1) is 5.92 Å². The molecule has 0 radical (unpaired) electrons. The Balaban J connectivity index is 1.57. The molecule has 3 aliphatic rings. The number of thioether (sulfide) groups is 1. The van der Waals surface area contributed by atoms with Crippen molar-refractivity contribution < 1.29 is 9.69 Å². The third-order valence-corrected chi connectivity index (χ3v) is 7.30. The van der Waals surface area contributed by atoms with Gasteiger partial charge in [0.1, 0.15) is 12.6 Å². The minimum absolute atomic E-state index is 0.108. The number of rotatable bonds is 3. The highest BCUT2D eigenvalue weighted by atomic mass is 35.5. The van der Waals surface area contributed by atoms with Crippen molar-refractivity contribution in [3.8, 4) is 0 Å². The standard InChI is InChI=1S/C15H25ClN2OS/c16-11-7-5-10(6-8-11)13(19)9-18-12-3-1-2-4-14(12)20-15(18)17/h10-12,14-15H,1-9,17H2/p+1. The highest BCUT2D eigenvalue weighted by Gasteiger charge is 2.46. The fourth-order valence-electron chi connectivity index (χ4n) is 4.12. The molecule has 2 saturated carbocycles. The molecule has 3 fully saturated rings. The summed E-state index contributed by atoms with van der Waals surface area (Å²) in [6, 6.07) is 0.622. The Morgan fingerprint density at radius 1 is 1.15 bits per heavy atom. The molecule has 114 valence electrons. The van der Waals surface area contributed by atoms with Gasteiger partial charge < -0.3 is 4.90 Å². The second-order valence-electron chi connectivity index (χ2n) is 6.65. The molecule has 1 heterocycles. The van der Waals surface area contributed by atoms with Gasteiger partial charge in [-0.1, -0.05) is 18.2 Å². The van der Waals surface area contributed by atoms with Gasteiger partial charge in [-0.3, -0.25) is 10.5 Å². The van der Waals surface area contributed by atoms with Crippen molar-refractivity contribution in [2.45, 2.75) is 73.5 Å². The minimum atomic E-state index is 0.108. The van der Waals surface area contributed by atoms with E-state index in [1.165, 1.54) is 30.6 Å². The van der Waals surface area contributed by atoms with Crippen LogP contribution in [0.15, 0.2) is 0 Å². The number of ketones is 1. The summed E-state index contributed by atoms with van der Waals surface area (Å²) in [6.45, 7) is 0.646. The summed E-state index contributed by atoms with van der Waals surface area (Å²) < 4.78 is 0. The SMILES string of the molecule is NC1SC2CCCCC2[NH+]1CC(=O)C1CCC(Cl)CC1. The number of nitrogens with two attached hydrogens (primary N) is 1. The molecule has 3 rings (SSSR count). The van der Waals surface area contributed by atoms with Crippen LogP contribution in [0.1, 0.15) is 51.4 Å². The summed E-state index contributed by atoms with van der Waals surface area (Å²) in [5.74, 6) is 0.684. The quantitative estimate of drug-likeness (QED) is 0.776. The Morgan fingerprint density at radius 2 is 1.85 bits per heavy atom. The molecule has 3 N–H and O–H groups in total. The predicted molar refractivity (Wildman–Crippen MR) is 84.0 cm³/mol. The first-order valence-electron chi connectivity index (χ1n) is 8.08. The Kier molecular flexibility index (Phi) is 4.96. The molecule has 2 aliphatic carbocycles. The van der Waals surface area contributed by atoms with E-state index in [9.17, 15) is 4.79 Å². The topological polar surface area (TPSA) is 47.5 Å². The summed E-state index contributed by atoms with van der Waals surface area (Å²) >= 11 is 8.05. The third kappa shape index (κ3) is 3.18. The van der Waals surface area contributed by atoms with E-state index in [0.717, 1.165) is 25.7 Å². The second kappa shape index (κ2) is 6.55. The van der Waals surface area contributed by atoms with Crippen LogP contribution in [-0.4, -0.2) is 34.5 Å². The first-order valence-corrected chi connectivity index (χ1v) is 9.46. The molecule has 20 heavy (non-hydrogen) atoms. The molecular formula is C15H26ClN2OS+. The first-order chi connectivity index (χ1) is 9.65. The minimum Gasteiger partial charge on any atom is -0.302 e. The molecule has 0 aromatic carbocycles. The van der Waals surface area contributed by atoms with Crippen LogP contribution in [0.5, 0.6) is 0 Å². The number of nitrogens with one attached hydrogen (secondary N) is 1. The average Bonchev–Trinajstić information content (AvgIpc) is 2.76. The largest absolute Gasteiger partial charge is 0.302 e. The summed E-state index contributed by atoms with van der Waals surface area (Å²) in [4.78, 5) is 13.9. The van der Waals surface area contributed by atoms with Gasteiger partial charge in [-0.05, 0) is 38.5 Å². The number of carbonyl (C=O) groups excluding carboxylic acids is 1. The van der Waals surface area contributed by atoms with Crippen LogP contribution in [0.4, 0.5) is 0 Å². The van der Waals surface area contributed by atoms with E-state index in [1.807, 2.05) is 11.8 Å². The van der Waals surface area contributed by atoms with Crippen molar-refractivity contribution in [3.05, 3.63) is 0 Å². The van der Waals surface area contributed by atoms with E-state index in [4.69, 9.17) is 17.3 Å². The number of quaternary nitrogens is 1. The highest BCUT2D eigenvalue weighted by Crippen LogP contribution is 2.32. The molecule has 0 aromatic rings. The lowest BCUT2D eigenvalue weighted by molar-refractivity contribution is -0.922. The Bertz CT molecular complexity index is 360. The second-order valence-corrected chi connectivity index (χ2v) is 8.66. The first kappa shape index (κ1) is 15.1. The van der Waals surface area contributed by atoms with E-state index in [2.05, 4.69) is 0 Å². The van der Waals surface area contributed by atoms with E-state index >= 15 is 0 Å². The lowest BCUT2D eigenvalue weighted by Gasteiger charge is -2.30. The van der Waals surface area contributed by atoms with Crippen LogP contribution >= 0.6 is 23.4 Å². The molecule has 1 saturated heterocycles. The van der Waals surface area contributed by atoms with E-state index < -0.39 is 0 Å². The number of carbonyl (C=O) groups is 1. The van der Waals surface area contributed by atoms with Crippen LogP contribution in [0.25, 0.3) is 0 Å². The van der Waals surface area contributed by atoms with Gasteiger partial charge in [0.15, 0.2) is 11.3 Å². The third-order valence-electron chi connectivity index (χ3n) is 5.36. The van der Waals surface area contributed by atoms with Gasteiger partial charge >= 0.3 is 0 Å². The maximum atomic E-state index is 12.6. The summed E-state index contributed by atoms with van der Waals surface area (Å²) in [5, 5.41) is 0.985. The van der Waals surface area contributed by atoms with Crippen LogP contribution in [0.3, 0.4) is 0 Å². The number of hydrogen-bond acceptors (Lipinski definition) is 3. The summed E-state index contributed by atoms with van der Waals surface area (Å²) in [6.07, 6.45) is 9.15. The summed E-state index contributed by atoms with van der Waals surface area (Å²) in [7, 11) is 0. The lowest BCUT2D eigenvalue weighted by Crippen LogP contribution is -3.19. The van der Waals surface area contributed by atoms with Crippen molar-refractivity contribution in [3.63, 3.8) is 0 Å².